The van der Waals surface area contributed by atoms with Crippen LogP contribution in [0.4, 0.5) is 63.6 Å². The molecule has 0 amide bonds. The largest absolute Gasteiger partial charge is 1.00 e. The minimum atomic E-state index is -0.507. The average molecular weight is 1970 g/mol. The Labute approximate surface area is 829 Å². The van der Waals surface area contributed by atoms with Crippen LogP contribution in [0.3, 0.4) is 0 Å². The number of nitrogen functional groups attached to an aromatic ring is 2. The number of H-pyrrole nitrogens is 2. The SMILES string of the molecule is COc1ccc(CCl)cc1.Cc1ccc(Cn2cc(F)c(-c3ccc(N)cc3)n2)cc1.Cc1ccc(Cn2cc(F)c(-c3ccc([N+](=O)[O-])cc3)n2)cc1.Cc1ccc(Cn2cc(F)c(Br)n2)cc1.Cc1ccc(Cn2cc(F)cn2)cc1.Cn1cc(F)c(-c2ccc(N)cc2)n1.Cn1cc(F)c(-c2ccc([N+](=O)[O-])cc2)n1.Fc1cn[nH]c1.O=[N+]([O-])c1ccc(-c2[nH]ncc2F)cc1.[H-].[HH].[HH].[HH].[HH].[HH].[HH].[HH].[HH].[HH].[HH].[HH].[HH].[HH].[HH].[HH].[HH].[Na+]. The predicted octanol–water partition coefficient (Wildman–Crippen LogP) is 23.2. The van der Waals surface area contributed by atoms with E-state index in [0.717, 1.165) is 62.7 Å². The Bertz CT molecular complexity index is 6790. The van der Waals surface area contributed by atoms with Gasteiger partial charge in [-0.15, -0.1) is 11.6 Å². The number of nitrogens with zero attached hydrogens (tertiary/aromatic N) is 17. The van der Waals surface area contributed by atoms with Gasteiger partial charge in [0, 0.05) is 118 Å². The van der Waals surface area contributed by atoms with Gasteiger partial charge in [0.2, 0.25) is 0 Å². The monoisotopic (exact) mass is 1970 g/mol. The van der Waals surface area contributed by atoms with Crippen molar-refractivity contribution in [3.63, 3.8) is 0 Å². The molecule has 0 atom stereocenters. The molecule has 28 nitrogen and oxygen atoms in total. The molecule has 0 fully saturated rings. The van der Waals surface area contributed by atoms with Crippen molar-refractivity contribution in [2.45, 2.75) is 59.8 Å². The molecule has 0 saturated heterocycles. The van der Waals surface area contributed by atoms with Gasteiger partial charge in [-0.2, -0.15) is 40.8 Å². The fourth-order valence-electron chi connectivity index (χ4n) is 12.0. The van der Waals surface area contributed by atoms with Gasteiger partial charge in [-0.3, -0.25) is 68.6 Å². The maximum Gasteiger partial charge on any atom is 1.00 e. The number of ether oxygens (including phenoxy) is 1. The number of halogens is 10. The molecule has 135 heavy (non-hydrogen) atoms. The van der Waals surface area contributed by atoms with Crippen molar-refractivity contribution in [3.8, 4) is 62.0 Å². The third-order valence-corrected chi connectivity index (χ3v) is 19.8. The van der Waals surface area contributed by atoms with Crippen molar-refractivity contribution >= 4 is 56.0 Å². The summed E-state index contributed by atoms with van der Waals surface area (Å²) in [4.78, 5) is 30.0. The number of rotatable bonds is 18. The Morgan fingerprint density at radius 3 is 0.993 bits per heavy atom. The molecule has 0 radical (unpaired) electrons. The number of hydrogen-bond donors (Lipinski definition) is 4. The third-order valence-electron chi connectivity index (χ3n) is 18.9. The quantitative estimate of drug-likeness (QED) is 0.0155. The minimum absolute atomic E-state index is 0. The van der Waals surface area contributed by atoms with Crippen molar-refractivity contribution < 1.29 is 108 Å². The van der Waals surface area contributed by atoms with Crippen molar-refractivity contribution in [1.82, 2.24) is 79.1 Å². The van der Waals surface area contributed by atoms with Crippen LogP contribution in [-0.2, 0) is 46.2 Å². The summed E-state index contributed by atoms with van der Waals surface area (Å²) >= 11 is 8.62. The molecule has 722 valence electrons. The Balaban J connectivity index is -0.000000216. The predicted molar refractivity (Wildman–Crippen MR) is 534 cm³/mol. The van der Waals surface area contributed by atoms with Crippen molar-refractivity contribution in [2.75, 3.05) is 18.6 Å². The number of hydrogen-bond acceptors (Lipinski definition) is 17. The number of nitrogens with one attached hydrogen (secondary N) is 2. The smallest absolute Gasteiger partial charge is 1.00 e. The van der Waals surface area contributed by atoms with Gasteiger partial charge in [-0.25, -0.2) is 35.1 Å². The second kappa shape index (κ2) is 50.9. The zero-order chi connectivity index (χ0) is 96.5. The number of benzene rings is 10. The molecule has 6 N–H and O–H groups in total. The van der Waals surface area contributed by atoms with Crippen LogP contribution in [0.2, 0.25) is 0 Å². The molecule has 18 rings (SSSR count). The van der Waals surface area contributed by atoms with E-state index < -0.39 is 32.2 Å². The van der Waals surface area contributed by atoms with Gasteiger partial charge in [0.1, 0.15) is 34.2 Å². The van der Waals surface area contributed by atoms with E-state index in [1.54, 1.807) is 83.8 Å². The van der Waals surface area contributed by atoms with Gasteiger partial charge in [-0.1, -0.05) is 156 Å². The molecular formula is C96H120BrClF8N21NaO7. The first-order chi connectivity index (χ1) is 64.2. The van der Waals surface area contributed by atoms with E-state index in [4.69, 9.17) is 27.8 Å². The number of aryl methyl sites for hydroxylation is 6. The summed E-state index contributed by atoms with van der Waals surface area (Å²) in [5, 5.41) is 67.5. The molecule has 18 aromatic rings. The number of aromatic nitrogens is 16. The van der Waals surface area contributed by atoms with E-state index in [0.29, 0.717) is 71.5 Å². The molecule has 8 heterocycles. The number of nitrogens with two attached hydrogens (primary N) is 2. The van der Waals surface area contributed by atoms with Crippen LogP contribution in [0.25, 0.3) is 56.3 Å². The van der Waals surface area contributed by atoms with E-state index in [9.17, 15) is 65.5 Å². The maximum atomic E-state index is 14.1. The van der Waals surface area contributed by atoms with Crippen molar-refractivity contribution in [3.05, 3.63) is 436 Å². The molecule has 0 spiro atoms. The van der Waals surface area contributed by atoms with E-state index >= 15 is 0 Å². The van der Waals surface area contributed by atoms with E-state index in [-0.39, 0.29) is 122 Å². The van der Waals surface area contributed by atoms with Gasteiger partial charge < -0.3 is 17.6 Å². The van der Waals surface area contributed by atoms with Crippen LogP contribution in [0.5, 0.6) is 5.75 Å². The molecule has 0 saturated carbocycles. The van der Waals surface area contributed by atoms with E-state index in [1.165, 1.54) is 153 Å². The van der Waals surface area contributed by atoms with Crippen LogP contribution in [0, 0.1) is 105 Å². The molecule has 39 heteroatoms. The summed E-state index contributed by atoms with van der Waals surface area (Å²) in [5.74, 6) is -1.55. The molecular weight excluding hydrogens is 1850 g/mol. The number of nitro groups is 3. The number of non-ortho nitro benzene ring substituents is 3. The molecule has 0 aliphatic rings. The Morgan fingerprint density at radius 2 is 0.719 bits per heavy atom. The topological polar surface area (TPSA) is 355 Å². The Hall–Kier alpha value is -15.3. The van der Waals surface area contributed by atoms with E-state index in [1.807, 2.05) is 149 Å². The van der Waals surface area contributed by atoms with Crippen LogP contribution < -0.4 is 45.8 Å². The first-order valence-corrected chi connectivity index (χ1v) is 41.7. The fraction of sp³-hybridized carbons (Fsp3) is 0.125. The van der Waals surface area contributed by atoms with E-state index in [2.05, 4.69) is 66.9 Å². The molecule has 0 aliphatic carbocycles. The average Bonchev–Trinajstić information content (AvgIpc) is 1.68. The fourth-order valence-corrected chi connectivity index (χ4v) is 12.5. The normalized spacial score (nSPS) is 10.3. The zero-order valence-electron chi connectivity index (χ0n) is 74.8. The summed E-state index contributed by atoms with van der Waals surface area (Å²) in [6, 6.07) is 70.8. The Kier molecular flexibility index (Phi) is 39.0. The van der Waals surface area contributed by atoms with Crippen molar-refractivity contribution in [1.29, 1.82) is 0 Å². The second-order valence-corrected chi connectivity index (χ2v) is 30.5. The van der Waals surface area contributed by atoms with Crippen molar-refractivity contribution in [2.24, 2.45) is 14.1 Å². The van der Waals surface area contributed by atoms with Crippen LogP contribution in [0.15, 0.2) is 309 Å². The first kappa shape index (κ1) is 103. The number of alkyl halides is 1. The van der Waals surface area contributed by atoms with Gasteiger partial charge in [-0.05, 0) is 144 Å². The zero-order valence-corrected chi connectivity index (χ0v) is 78.1. The minimum Gasteiger partial charge on any atom is -1.00 e. The Morgan fingerprint density at radius 1 is 0.393 bits per heavy atom. The first-order valence-electron chi connectivity index (χ1n) is 40.3. The molecule has 0 aliphatic heterocycles. The standard InChI is InChI=1S/C17H14FN3O2.C17H16FN3.C11H10BrFN2.C11H11FN2.C10H8FN3O2.C10H10FN3.C9H6FN3O2.C8H9ClO.C3H3FN2.Na.16H2.H/c1-12-2-4-13(5-3-12)10-20-11-16(18)17(19-20)14-6-8-15(9-7-14)21(22)23;1-12-2-4-13(5-3-12)10-21-11-16(18)17(20-21)14-6-8-15(19)9-7-14;1-8-2-4-9(5-3-8)6-15-7-10(13)11(12)14-15;1-9-2-4-10(5-3-9)7-14-8-11(12)6-13-14;1-13-6-9(11)10(12-13)7-2-4-8(5-3-7)14(15)16;1-14-6-9(11)10(13-14)7-2-4-8(12)5-3-7;10-8-5-11-12-9(8)6-1-3-7(4-2-6)13(14)15;1-10-8-4-2-7(6-9)3-5-8;4-3-1-5-6-2-3;;;;;;;;;;;;;;;;;;/h2-9,11H,10H2,1H3;2-9,11H,10,19H2,1H3;2-5,7H,6H2,1H3;2-6,8H,7H2,1H3;2-6H,1H3;2-6H,12H2,1H3;1-5H,(H,11,12);2-5H,6H2,1H3;1-2H,(H,5,6);;16*1H;/q;;;;;;;;;+1;;;;;;;;;;;;;;;;;-1. The number of anilines is 2. The van der Waals surface area contributed by atoms with Crippen LogP contribution >= 0.6 is 27.5 Å². The summed E-state index contributed by atoms with van der Waals surface area (Å²) in [7, 11) is 4.94. The van der Waals surface area contributed by atoms with Gasteiger partial charge >= 0.3 is 29.6 Å². The number of methoxy groups -OCH3 is 1. The molecule has 10 aromatic carbocycles. The summed E-state index contributed by atoms with van der Waals surface area (Å²) in [6.45, 7) is 10.3. The van der Waals surface area contributed by atoms with Gasteiger partial charge in [0.15, 0.2) is 51.1 Å². The second-order valence-electron chi connectivity index (χ2n) is 29.5. The molecule has 8 aromatic heterocycles. The molecule has 0 unspecified atom stereocenters. The van der Waals surface area contributed by atoms with Gasteiger partial charge in [0.05, 0.1) is 110 Å². The van der Waals surface area contributed by atoms with Crippen LogP contribution in [0.1, 0.15) is 74.3 Å². The maximum absolute atomic E-state index is 14.1. The van der Waals surface area contributed by atoms with Crippen LogP contribution in [-0.4, -0.2) is 101 Å². The third kappa shape index (κ3) is 32.6. The summed E-state index contributed by atoms with van der Waals surface area (Å²) < 4.78 is 119. The number of aromatic amines is 2. The summed E-state index contributed by atoms with van der Waals surface area (Å²) in [5.41, 5.74) is 27.0. The molecule has 0 bridgehead atoms. The summed E-state index contributed by atoms with van der Waals surface area (Å²) in [6.07, 6.45) is 12.7. The number of nitro benzene ring substituents is 3. The van der Waals surface area contributed by atoms with Gasteiger partial charge in [0.25, 0.3) is 17.1 Å².